The van der Waals surface area contributed by atoms with Crippen molar-refractivity contribution in [1.29, 1.82) is 0 Å². The monoisotopic (exact) mass is 330 g/mol. The second kappa shape index (κ2) is 5.30. The predicted molar refractivity (Wildman–Crippen MR) is 103 cm³/mol. The van der Waals surface area contributed by atoms with Crippen molar-refractivity contribution in [3.63, 3.8) is 0 Å². The SMILES string of the molecule is CC(C)Cc1ccc2cc3c(cc2c1)CC(=O)CC31CC2=CCC1C2. The van der Waals surface area contributed by atoms with Crippen molar-refractivity contribution in [2.45, 2.75) is 57.8 Å². The number of hydrogen-bond donors (Lipinski definition) is 0. The number of hydrogen-bond acceptors (Lipinski definition) is 1. The van der Waals surface area contributed by atoms with E-state index in [0.717, 1.165) is 19.3 Å². The van der Waals surface area contributed by atoms with Crippen LogP contribution in [0.4, 0.5) is 0 Å². The van der Waals surface area contributed by atoms with Crippen molar-refractivity contribution in [2.75, 3.05) is 0 Å². The molecule has 2 bridgehead atoms. The number of ketones is 1. The highest BCUT2D eigenvalue weighted by molar-refractivity contribution is 5.91. The van der Waals surface area contributed by atoms with E-state index in [1.165, 1.54) is 40.3 Å². The molecule has 2 aromatic rings. The normalized spacial score (nSPS) is 27.4. The van der Waals surface area contributed by atoms with Crippen LogP contribution in [0.3, 0.4) is 0 Å². The molecule has 0 N–H and O–H groups in total. The number of benzene rings is 2. The summed E-state index contributed by atoms with van der Waals surface area (Å²) in [5.74, 6) is 1.77. The van der Waals surface area contributed by atoms with E-state index in [-0.39, 0.29) is 5.41 Å². The van der Waals surface area contributed by atoms with Crippen LogP contribution in [0, 0.1) is 11.8 Å². The Hall–Kier alpha value is -1.89. The van der Waals surface area contributed by atoms with Gasteiger partial charge in [0.05, 0.1) is 0 Å². The van der Waals surface area contributed by atoms with Gasteiger partial charge in [0, 0.05) is 18.3 Å². The van der Waals surface area contributed by atoms with E-state index in [1.54, 1.807) is 5.57 Å². The van der Waals surface area contributed by atoms with E-state index in [2.05, 4.69) is 50.3 Å². The molecule has 1 saturated carbocycles. The summed E-state index contributed by atoms with van der Waals surface area (Å²) in [6.07, 6.45) is 8.45. The molecule has 1 spiro atoms. The van der Waals surface area contributed by atoms with E-state index < -0.39 is 0 Å². The number of carbonyl (C=O) groups excluding carboxylic acids is 1. The van der Waals surface area contributed by atoms with Gasteiger partial charge < -0.3 is 0 Å². The summed E-state index contributed by atoms with van der Waals surface area (Å²) in [4.78, 5) is 12.6. The molecule has 3 aliphatic carbocycles. The Bertz CT molecular complexity index is 917. The smallest absolute Gasteiger partial charge is 0.138 e. The lowest BCUT2D eigenvalue weighted by molar-refractivity contribution is -0.120. The summed E-state index contributed by atoms with van der Waals surface area (Å²) < 4.78 is 0. The molecule has 1 fully saturated rings. The summed E-state index contributed by atoms with van der Waals surface area (Å²) in [6, 6.07) is 11.7. The minimum absolute atomic E-state index is 0.111. The van der Waals surface area contributed by atoms with Crippen molar-refractivity contribution in [3.8, 4) is 0 Å². The molecule has 2 aromatic carbocycles. The van der Waals surface area contributed by atoms with Crippen molar-refractivity contribution < 1.29 is 4.79 Å². The topological polar surface area (TPSA) is 17.1 Å². The molecule has 0 radical (unpaired) electrons. The molecule has 5 rings (SSSR count). The third kappa shape index (κ3) is 2.32. The molecule has 2 atom stereocenters. The molecule has 0 heterocycles. The van der Waals surface area contributed by atoms with Crippen LogP contribution in [0.5, 0.6) is 0 Å². The molecular formula is C24H26O. The van der Waals surface area contributed by atoms with Gasteiger partial charge in [-0.2, -0.15) is 0 Å². The Morgan fingerprint density at radius 3 is 2.72 bits per heavy atom. The van der Waals surface area contributed by atoms with Gasteiger partial charge in [0.2, 0.25) is 0 Å². The van der Waals surface area contributed by atoms with Gasteiger partial charge in [0.25, 0.3) is 0 Å². The standard InChI is InChI=1S/C24H26O/c1-15(2)7-16-3-5-18-12-23-20(10-19(18)8-16)11-22(25)14-24(23)13-17-4-6-21(24)9-17/h3-5,8,10,12,15,21H,6-7,9,11,13-14H2,1-2H3. The fourth-order valence-corrected chi connectivity index (χ4v) is 5.75. The number of fused-ring (bicyclic) bond motifs is 6. The first kappa shape index (κ1) is 15.4. The van der Waals surface area contributed by atoms with Crippen molar-refractivity contribution >= 4 is 16.6 Å². The first-order valence-electron chi connectivity index (χ1n) is 9.79. The molecule has 0 amide bonds. The lowest BCUT2D eigenvalue weighted by Gasteiger charge is -2.41. The highest BCUT2D eigenvalue weighted by atomic mass is 16.1. The van der Waals surface area contributed by atoms with Crippen LogP contribution in [-0.4, -0.2) is 5.78 Å². The Kier molecular flexibility index (Phi) is 3.26. The zero-order valence-electron chi connectivity index (χ0n) is 15.3. The van der Waals surface area contributed by atoms with E-state index >= 15 is 0 Å². The Morgan fingerprint density at radius 2 is 2.00 bits per heavy atom. The lowest BCUT2D eigenvalue weighted by Crippen LogP contribution is -2.39. The van der Waals surface area contributed by atoms with Gasteiger partial charge >= 0.3 is 0 Å². The Morgan fingerprint density at radius 1 is 1.12 bits per heavy atom. The van der Waals surface area contributed by atoms with Crippen molar-refractivity contribution in [3.05, 3.63) is 58.7 Å². The molecule has 1 heteroatoms. The van der Waals surface area contributed by atoms with Gasteiger partial charge in [-0.05, 0) is 65.0 Å². The van der Waals surface area contributed by atoms with Crippen molar-refractivity contribution in [1.82, 2.24) is 0 Å². The number of carbonyl (C=O) groups is 1. The largest absolute Gasteiger partial charge is 0.299 e. The van der Waals surface area contributed by atoms with Crippen LogP contribution in [-0.2, 0) is 23.1 Å². The second-order valence-corrected chi connectivity index (χ2v) is 9.01. The fourth-order valence-electron chi connectivity index (χ4n) is 5.75. The summed E-state index contributed by atoms with van der Waals surface area (Å²) >= 11 is 0. The van der Waals surface area contributed by atoms with Crippen LogP contribution in [0.25, 0.3) is 10.8 Å². The van der Waals surface area contributed by atoms with Gasteiger partial charge in [0.1, 0.15) is 5.78 Å². The fraction of sp³-hybridized carbons (Fsp3) is 0.458. The summed E-state index contributed by atoms with van der Waals surface area (Å²) in [5, 5.41) is 2.65. The molecule has 128 valence electrons. The molecular weight excluding hydrogens is 304 g/mol. The molecule has 3 aliphatic rings. The number of allylic oxidation sites excluding steroid dienone is 2. The molecule has 2 unspecified atom stereocenters. The maximum atomic E-state index is 12.6. The Balaban J connectivity index is 1.66. The average molecular weight is 330 g/mol. The van der Waals surface area contributed by atoms with Crippen LogP contribution in [0.15, 0.2) is 42.0 Å². The highest BCUT2D eigenvalue weighted by Crippen LogP contribution is 2.58. The third-order valence-corrected chi connectivity index (χ3v) is 6.73. The van der Waals surface area contributed by atoms with Crippen LogP contribution in [0.1, 0.15) is 56.2 Å². The summed E-state index contributed by atoms with van der Waals surface area (Å²) in [5.41, 5.74) is 5.91. The molecule has 1 nitrogen and oxygen atoms in total. The summed E-state index contributed by atoms with van der Waals surface area (Å²) in [6.45, 7) is 4.53. The maximum Gasteiger partial charge on any atom is 0.138 e. The van der Waals surface area contributed by atoms with Crippen LogP contribution < -0.4 is 0 Å². The van der Waals surface area contributed by atoms with Crippen LogP contribution >= 0.6 is 0 Å². The zero-order valence-corrected chi connectivity index (χ0v) is 15.3. The van der Waals surface area contributed by atoms with E-state index in [9.17, 15) is 4.79 Å². The number of Topliss-reactive ketones (excluding diaryl/α,β-unsaturated/α-hetero) is 1. The van der Waals surface area contributed by atoms with E-state index in [1.807, 2.05) is 0 Å². The molecule has 0 saturated heterocycles. The van der Waals surface area contributed by atoms with Gasteiger partial charge in [-0.3, -0.25) is 4.79 Å². The lowest BCUT2D eigenvalue weighted by atomic mass is 9.62. The maximum absolute atomic E-state index is 12.6. The van der Waals surface area contributed by atoms with Crippen LogP contribution in [0.2, 0.25) is 0 Å². The first-order chi connectivity index (χ1) is 12.0. The van der Waals surface area contributed by atoms with E-state index in [4.69, 9.17) is 0 Å². The zero-order chi connectivity index (χ0) is 17.2. The summed E-state index contributed by atoms with van der Waals surface area (Å²) in [7, 11) is 0. The highest BCUT2D eigenvalue weighted by Gasteiger charge is 2.51. The Labute approximate surface area is 150 Å². The quantitative estimate of drug-likeness (QED) is 0.662. The minimum Gasteiger partial charge on any atom is -0.299 e. The van der Waals surface area contributed by atoms with E-state index in [0.29, 0.717) is 24.0 Å². The third-order valence-electron chi connectivity index (χ3n) is 6.73. The molecule has 0 aromatic heterocycles. The predicted octanol–water partition coefficient (Wildman–Crippen LogP) is 5.53. The van der Waals surface area contributed by atoms with Gasteiger partial charge in [-0.15, -0.1) is 0 Å². The average Bonchev–Trinajstić information content (AvgIpc) is 3.14. The van der Waals surface area contributed by atoms with Gasteiger partial charge in [0.15, 0.2) is 0 Å². The first-order valence-corrected chi connectivity index (χ1v) is 9.79. The van der Waals surface area contributed by atoms with Gasteiger partial charge in [-0.1, -0.05) is 55.8 Å². The molecule has 25 heavy (non-hydrogen) atoms. The van der Waals surface area contributed by atoms with Gasteiger partial charge in [-0.25, -0.2) is 0 Å². The number of rotatable bonds is 2. The molecule has 0 aliphatic heterocycles. The van der Waals surface area contributed by atoms with Crippen molar-refractivity contribution in [2.24, 2.45) is 11.8 Å². The second-order valence-electron chi connectivity index (χ2n) is 9.01. The minimum atomic E-state index is 0.111.